The van der Waals surface area contributed by atoms with Crippen LogP contribution in [0, 0.1) is 18.8 Å². The molecule has 0 aliphatic carbocycles. The highest BCUT2D eigenvalue weighted by Crippen LogP contribution is 2.28. The van der Waals surface area contributed by atoms with Gasteiger partial charge in [0.25, 0.3) is 0 Å². The van der Waals surface area contributed by atoms with Gasteiger partial charge in [-0.3, -0.25) is 0 Å². The van der Waals surface area contributed by atoms with Gasteiger partial charge in [0.05, 0.1) is 16.3 Å². The summed E-state index contributed by atoms with van der Waals surface area (Å²) in [6.07, 6.45) is 2.00. The number of aryl methyl sites for hydroxylation is 1. The quantitative estimate of drug-likeness (QED) is 0.388. The second-order valence-corrected chi connectivity index (χ2v) is 6.27. The molecule has 24 heavy (non-hydrogen) atoms. The molecule has 0 saturated carbocycles. The number of nitrogens with zero attached hydrogens (tertiary/aromatic N) is 3. The normalized spacial score (nSPS) is 10.9. The zero-order valence-electron chi connectivity index (χ0n) is 14.1. The molecule has 0 aliphatic heterocycles. The van der Waals surface area contributed by atoms with E-state index in [0.717, 1.165) is 45.3 Å². The fourth-order valence-corrected chi connectivity index (χ4v) is 3.03. The third-order valence-electron chi connectivity index (χ3n) is 3.18. The van der Waals surface area contributed by atoms with Crippen LogP contribution in [0.1, 0.15) is 42.8 Å². The SMILES string of the molecule is CCCC#Cc1ccc(-c2nc(C)c(/C(C)=N/N=C(N)N)s2)cc1. The summed E-state index contributed by atoms with van der Waals surface area (Å²) in [6.45, 7) is 5.94. The number of rotatable bonds is 4. The molecular formula is C18H21N5S. The van der Waals surface area contributed by atoms with Crippen LogP contribution in [0.5, 0.6) is 0 Å². The van der Waals surface area contributed by atoms with Crippen LogP contribution in [0.2, 0.25) is 0 Å². The van der Waals surface area contributed by atoms with Crippen LogP contribution in [-0.4, -0.2) is 16.7 Å². The first-order chi connectivity index (χ1) is 11.5. The Balaban J connectivity index is 2.25. The molecule has 0 radical (unpaired) electrons. The van der Waals surface area contributed by atoms with Crippen molar-refractivity contribution in [3.05, 3.63) is 40.4 Å². The predicted octanol–water partition coefficient (Wildman–Crippen LogP) is 3.27. The van der Waals surface area contributed by atoms with Gasteiger partial charge in [0, 0.05) is 17.5 Å². The molecule has 0 saturated heterocycles. The Kier molecular flexibility index (Phi) is 6.10. The lowest BCUT2D eigenvalue weighted by molar-refractivity contribution is 0.983. The van der Waals surface area contributed by atoms with Crippen molar-refractivity contribution in [2.45, 2.75) is 33.6 Å². The molecule has 0 bridgehead atoms. The van der Waals surface area contributed by atoms with E-state index in [1.165, 1.54) is 0 Å². The second-order valence-electron chi connectivity index (χ2n) is 5.27. The van der Waals surface area contributed by atoms with Crippen LogP contribution in [-0.2, 0) is 0 Å². The number of benzene rings is 1. The monoisotopic (exact) mass is 339 g/mol. The largest absolute Gasteiger partial charge is 0.369 e. The Hall–Kier alpha value is -2.65. The smallest absolute Gasteiger partial charge is 0.211 e. The average Bonchev–Trinajstić information content (AvgIpc) is 2.95. The molecule has 1 heterocycles. The summed E-state index contributed by atoms with van der Waals surface area (Å²) in [7, 11) is 0. The maximum Gasteiger partial charge on any atom is 0.211 e. The molecule has 0 unspecified atom stereocenters. The Bertz CT molecular complexity index is 815. The number of thiazole rings is 1. The first kappa shape index (κ1) is 17.7. The first-order valence-electron chi connectivity index (χ1n) is 7.71. The lowest BCUT2D eigenvalue weighted by Gasteiger charge is -1.96. The fraction of sp³-hybridized carbons (Fsp3) is 0.278. The molecular weight excluding hydrogens is 318 g/mol. The van der Waals surface area contributed by atoms with Gasteiger partial charge < -0.3 is 11.5 Å². The van der Waals surface area contributed by atoms with Crippen molar-refractivity contribution < 1.29 is 0 Å². The standard InChI is InChI=1S/C18H21N5S/c1-4-5-6-7-14-8-10-15(11-9-14)17-21-12(2)16(24-17)13(3)22-23-18(19)20/h8-11H,4-5H2,1-3H3,(H4,19,20,23)/b22-13+. The summed E-state index contributed by atoms with van der Waals surface area (Å²) in [5, 5.41) is 8.66. The minimum Gasteiger partial charge on any atom is -0.369 e. The molecule has 0 atom stereocenters. The summed E-state index contributed by atoms with van der Waals surface area (Å²) >= 11 is 1.57. The minimum atomic E-state index is -0.0588. The number of nitrogens with two attached hydrogens (primary N) is 2. The third-order valence-corrected chi connectivity index (χ3v) is 4.50. The van der Waals surface area contributed by atoms with Crippen molar-refractivity contribution in [3.63, 3.8) is 0 Å². The molecule has 0 spiro atoms. The van der Waals surface area contributed by atoms with Gasteiger partial charge >= 0.3 is 0 Å². The van der Waals surface area contributed by atoms with Crippen molar-refractivity contribution in [2.75, 3.05) is 0 Å². The highest BCUT2D eigenvalue weighted by Gasteiger charge is 2.11. The molecule has 124 valence electrons. The molecule has 4 N–H and O–H groups in total. The molecule has 2 aromatic rings. The topological polar surface area (TPSA) is 89.6 Å². The minimum absolute atomic E-state index is 0.0588. The summed E-state index contributed by atoms with van der Waals surface area (Å²) in [4.78, 5) is 5.60. The Morgan fingerprint density at radius 1 is 1.21 bits per heavy atom. The maximum atomic E-state index is 5.31. The van der Waals surface area contributed by atoms with E-state index in [1.54, 1.807) is 11.3 Å². The van der Waals surface area contributed by atoms with E-state index in [4.69, 9.17) is 11.5 Å². The first-order valence-corrected chi connectivity index (χ1v) is 8.53. The van der Waals surface area contributed by atoms with Crippen molar-refractivity contribution in [2.24, 2.45) is 21.7 Å². The van der Waals surface area contributed by atoms with Gasteiger partial charge in [0.2, 0.25) is 5.96 Å². The zero-order valence-corrected chi connectivity index (χ0v) is 14.9. The van der Waals surface area contributed by atoms with E-state index in [0.29, 0.717) is 0 Å². The molecule has 5 nitrogen and oxygen atoms in total. The Labute approximate surface area is 146 Å². The number of aromatic nitrogens is 1. The van der Waals surface area contributed by atoms with Crippen molar-refractivity contribution in [1.29, 1.82) is 0 Å². The molecule has 0 fully saturated rings. The van der Waals surface area contributed by atoms with Gasteiger partial charge in [-0.05, 0) is 32.4 Å². The van der Waals surface area contributed by atoms with Gasteiger partial charge in [-0.2, -0.15) is 5.10 Å². The summed E-state index contributed by atoms with van der Waals surface area (Å²) < 4.78 is 0. The number of hydrogen-bond acceptors (Lipinski definition) is 4. The zero-order chi connectivity index (χ0) is 17.5. The van der Waals surface area contributed by atoms with Crippen LogP contribution >= 0.6 is 11.3 Å². The van der Waals surface area contributed by atoms with Gasteiger partial charge in [-0.1, -0.05) is 30.9 Å². The van der Waals surface area contributed by atoms with Crippen molar-refractivity contribution >= 4 is 23.0 Å². The highest BCUT2D eigenvalue weighted by atomic mass is 32.1. The number of guanidine groups is 1. The molecule has 0 amide bonds. The van der Waals surface area contributed by atoms with Crippen molar-refractivity contribution in [1.82, 2.24) is 4.98 Å². The molecule has 1 aromatic carbocycles. The van der Waals surface area contributed by atoms with Crippen LogP contribution in [0.25, 0.3) is 10.6 Å². The summed E-state index contributed by atoms with van der Waals surface area (Å²) in [6, 6.07) is 8.13. The van der Waals surface area contributed by atoms with Crippen LogP contribution < -0.4 is 11.5 Å². The molecule has 6 heteroatoms. The van der Waals surface area contributed by atoms with Crippen LogP contribution in [0.3, 0.4) is 0 Å². The van der Waals surface area contributed by atoms with E-state index in [-0.39, 0.29) is 5.96 Å². The molecule has 2 rings (SSSR count). The lowest BCUT2D eigenvalue weighted by Crippen LogP contribution is -2.22. The van der Waals surface area contributed by atoms with E-state index in [9.17, 15) is 0 Å². The maximum absolute atomic E-state index is 5.31. The van der Waals surface area contributed by atoms with E-state index < -0.39 is 0 Å². The number of hydrogen-bond donors (Lipinski definition) is 2. The van der Waals surface area contributed by atoms with Gasteiger partial charge in [-0.15, -0.1) is 16.4 Å². The van der Waals surface area contributed by atoms with Crippen LogP contribution in [0.15, 0.2) is 34.5 Å². The van der Waals surface area contributed by atoms with Crippen molar-refractivity contribution in [3.8, 4) is 22.4 Å². The molecule has 0 aliphatic rings. The van der Waals surface area contributed by atoms with Gasteiger partial charge in [0.15, 0.2) is 0 Å². The van der Waals surface area contributed by atoms with Crippen LogP contribution in [0.4, 0.5) is 0 Å². The third kappa shape index (κ3) is 4.67. The second kappa shape index (κ2) is 8.27. The summed E-state index contributed by atoms with van der Waals surface area (Å²) in [5.41, 5.74) is 14.3. The highest BCUT2D eigenvalue weighted by molar-refractivity contribution is 7.17. The Morgan fingerprint density at radius 2 is 1.92 bits per heavy atom. The summed E-state index contributed by atoms with van der Waals surface area (Å²) in [5.74, 6) is 6.25. The lowest BCUT2D eigenvalue weighted by atomic mass is 10.1. The molecule has 1 aromatic heterocycles. The average molecular weight is 339 g/mol. The van der Waals surface area contributed by atoms with E-state index in [2.05, 4.69) is 34.0 Å². The fourth-order valence-electron chi connectivity index (χ4n) is 2.02. The van der Waals surface area contributed by atoms with E-state index >= 15 is 0 Å². The predicted molar refractivity (Wildman–Crippen MR) is 102 cm³/mol. The van der Waals surface area contributed by atoms with Gasteiger partial charge in [0.1, 0.15) is 5.01 Å². The van der Waals surface area contributed by atoms with E-state index in [1.807, 2.05) is 38.1 Å². The number of unbranched alkanes of at least 4 members (excludes halogenated alkanes) is 1. The van der Waals surface area contributed by atoms with Gasteiger partial charge in [-0.25, -0.2) is 4.98 Å². The Morgan fingerprint density at radius 3 is 2.54 bits per heavy atom.